The van der Waals surface area contributed by atoms with Crippen molar-refractivity contribution in [3.05, 3.63) is 28.0 Å². The standard InChI is InChI=1S/C9H10BrNO3/c1-13-5-6-3-7(10)4-11-8(6)9(12)14-2/h3-4H,5H2,1-2H3. The van der Waals surface area contributed by atoms with Crippen LogP contribution in [-0.4, -0.2) is 25.2 Å². The third kappa shape index (κ3) is 2.52. The molecule has 0 spiro atoms. The van der Waals surface area contributed by atoms with Crippen molar-refractivity contribution in [1.82, 2.24) is 4.98 Å². The molecule has 14 heavy (non-hydrogen) atoms. The molecule has 0 aliphatic rings. The van der Waals surface area contributed by atoms with Crippen molar-refractivity contribution >= 4 is 21.9 Å². The van der Waals surface area contributed by atoms with E-state index >= 15 is 0 Å². The number of nitrogens with zero attached hydrogens (tertiary/aromatic N) is 1. The lowest BCUT2D eigenvalue weighted by Gasteiger charge is -2.05. The van der Waals surface area contributed by atoms with Gasteiger partial charge < -0.3 is 9.47 Å². The van der Waals surface area contributed by atoms with Crippen molar-refractivity contribution in [2.75, 3.05) is 14.2 Å². The van der Waals surface area contributed by atoms with Gasteiger partial charge in [0, 0.05) is 23.3 Å². The van der Waals surface area contributed by atoms with Crippen LogP contribution in [0, 0.1) is 0 Å². The van der Waals surface area contributed by atoms with Gasteiger partial charge in [-0.2, -0.15) is 0 Å². The van der Waals surface area contributed by atoms with E-state index < -0.39 is 5.97 Å². The normalized spacial score (nSPS) is 9.93. The van der Waals surface area contributed by atoms with Crippen molar-refractivity contribution in [3.63, 3.8) is 0 Å². The maximum atomic E-state index is 11.3. The summed E-state index contributed by atoms with van der Waals surface area (Å²) < 4.78 is 10.3. The minimum atomic E-state index is -0.454. The predicted octanol–water partition coefficient (Wildman–Crippen LogP) is 1.78. The van der Waals surface area contributed by atoms with Gasteiger partial charge in [-0.3, -0.25) is 0 Å². The topological polar surface area (TPSA) is 48.4 Å². The van der Waals surface area contributed by atoms with Crippen LogP contribution >= 0.6 is 15.9 Å². The molecule has 0 aliphatic carbocycles. The number of pyridine rings is 1. The average molecular weight is 260 g/mol. The molecule has 0 aliphatic heterocycles. The van der Waals surface area contributed by atoms with Crippen LogP contribution in [0.1, 0.15) is 16.1 Å². The molecule has 0 aromatic carbocycles. The fourth-order valence-electron chi connectivity index (χ4n) is 1.03. The van der Waals surface area contributed by atoms with Crippen molar-refractivity contribution in [2.45, 2.75) is 6.61 Å². The summed E-state index contributed by atoms with van der Waals surface area (Å²) in [5, 5.41) is 0. The second-order valence-electron chi connectivity index (χ2n) is 2.59. The molecule has 1 heterocycles. The van der Waals surface area contributed by atoms with Gasteiger partial charge in [-0.25, -0.2) is 9.78 Å². The quantitative estimate of drug-likeness (QED) is 0.777. The average Bonchev–Trinajstić information content (AvgIpc) is 2.17. The third-order valence-corrected chi connectivity index (χ3v) is 2.05. The molecular weight excluding hydrogens is 250 g/mol. The Labute approximate surface area is 90.4 Å². The summed E-state index contributed by atoms with van der Waals surface area (Å²) in [4.78, 5) is 15.2. The van der Waals surface area contributed by atoms with Crippen LogP contribution in [0.2, 0.25) is 0 Å². The summed E-state index contributed by atoms with van der Waals surface area (Å²) in [6.45, 7) is 0.330. The third-order valence-electron chi connectivity index (χ3n) is 1.61. The molecule has 76 valence electrons. The van der Waals surface area contributed by atoms with Crippen LogP contribution < -0.4 is 0 Å². The van der Waals surface area contributed by atoms with Gasteiger partial charge in [-0.1, -0.05) is 0 Å². The van der Waals surface area contributed by atoms with Crippen LogP contribution in [0.5, 0.6) is 0 Å². The first-order valence-corrected chi connectivity index (χ1v) is 4.70. The molecule has 0 unspecified atom stereocenters. The summed E-state index contributed by atoms with van der Waals surface area (Å²) in [6, 6.07) is 1.78. The first-order chi connectivity index (χ1) is 6.69. The molecule has 1 aromatic heterocycles. The maximum Gasteiger partial charge on any atom is 0.357 e. The molecular formula is C9H10BrNO3. The van der Waals surface area contributed by atoms with Crippen molar-refractivity contribution in [3.8, 4) is 0 Å². The van der Waals surface area contributed by atoms with Gasteiger partial charge in [0.1, 0.15) is 0 Å². The monoisotopic (exact) mass is 259 g/mol. The fraction of sp³-hybridized carbons (Fsp3) is 0.333. The molecule has 0 bridgehead atoms. The highest BCUT2D eigenvalue weighted by atomic mass is 79.9. The minimum Gasteiger partial charge on any atom is -0.464 e. The van der Waals surface area contributed by atoms with E-state index in [0.717, 1.165) is 4.47 Å². The Bertz CT molecular complexity index is 341. The van der Waals surface area contributed by atoms with E-state index in [-0.39, 0.29) is 5.69 Å². The number of ether oxygens (including phenoxy) is 2. The molecule has 0 atom stereocenters. The highest BCUT2D eigenvalue weighted by Crippen LogP contribution is 2.15. The van der Waals surface area contributed by atoms with Crippen LogP contribution in [0.3, 0.4) is 0 Å². The zero-order valence-corrected chi connectivity index (χ0v) is 9.50. The lowest BCUT2D eigenvalue weighted by molar-refractivity contribution is 0.0588. The van der Waals surface area contributed by atoms with Gasteiger partial charge in [0.25, 0.3) is 0 Å². The number of methoxy groups -OCH3 is 2. The largest absolute Gasteiger partial charge is 0.464 e. The Morgan fingerprint density at radius 3 is 2.86 bits per heavy atom. The van der Waals surface area contributed by atoms with E-state index in [4.69, 9.17) is 4.74 Å². The Kier molecular flexibility index (Phi) is 4.03. The number of hydrogen-bond donors (Lipinski definition) is 0. The van der Waals surface area contributed by atoms with Crippen molar-refractivity contribution in [2.24, 2.45) is 0 Å². The number of carbonyl (C=O) groups excluding carboxylic acids is 1. The number of aromatic nitrogens is 1. The zero-order valence-electron chi connectivity index (χ0n) is 7.91. The van der Waals surface area contributed by atoms with Crippen molar-refractivity contribution in [1.29, 1.82) is 0 Å². The van der Waals surface area contributed by atoms with Crippen LogP contribution in [-0.2, 0) is 16.1 Å². The lowest BCUT2D eigenvalue weighted by atomic mass is 10.2. The van der Waals surface area contributed by atoms with E-state index in [1.54, 1.807) is 19.4 Å². The van der Waals surface area contributed by atoms with Gasteiger partial charge in [0.05, 0.1) is 13.7 Å². The number of hydrogen-bond acceptors (Lipinski definition) is 4. The van der Waals surface area contributed by atoms with Gasteiger partial charge >= 0.3 is 5.97 Å². The summed E-state index contributed by atoms with van der Waals surface area (Å²) in [7, 11) is 2.88. The Balaban J connectivity index is 3.07. The van der Waals surface area contributed by atoms with Crippen LogP contribution in [0.25, 0.3) is 0 Å². The number of halogens is 1. The molecule has 0 saturated heterocycles. The fourth-order valence-corrected chi connectivity index (χ4v) is 1.41. The SMILES string of the molecule is COCc1cc(Br)cnc1C(=O)OC. The molecule has 0 saturated carbocycles. The smallest absolute Gasteiger partial charge is 0.357 e. The molecule has 0 fully saturated rings. The molecule has 0 radical (unpaired) electrons. The highest BCUT2D eigenvalue weighted by Gasteiger charge is 2.13. The second-order valence-corrected chi connectivity index (χ2v) is 3.50. The maximum absolute atomic E-state index is 11.3. The van der Waals surface area contributed by atoms with Gasteiger partial charge in [-0.05, 0) is 22.0 Å². The zero-order chi connectivity index (χ0) is 10.6. The van der Waals surface area contributed by atoms with E-state index in [0.29, 0.717) is 12.2 Å². The highest BCUT2D eigenvalue weighted by molar-refractivity contribution is 9.10. The molecule has 0 amide bonds. The Morgan fingerprint density at radius 1 is 1.57 bits per heavy atom. The summed E-state index contributed by atoms with van der Waals surface area (Å²) in [6.07, 6.45) is 1.55. The van der Waals surface area contributed by atoms with Gasteiger partial charge in [-0.15, -0.1) is 0 Å². The second kappa shape index (κ2) is 5.07. The summed E-state index contributed by atoms with van der Waals surface area (Å²) >= 11 is 3.27. The molecule has 0 N–H and O–H groups in total. The van der Waals surface area contributed by atoms with E-state index in [2.05, 4.69) is 25.7 Å². The van der Waals surface area contributed by atoms with Gasteiger partial charge in [0.2, 0.25) is 0 Å². The Morgan fingerprint density at radius 2 is 2.29 bits per heavy atom. The molecule has 4 nitrogen and oxygen atoms in total. The number of rotatable bonds is 3. The van der Waals surface area contributed by atoms with Gasteiger partial charge in [0.15, 0.2) is 5.69 Å². The Hall–Kier alpha value is -0.940. The first-order valence-electron chi connectivity index (χ1n) is 3.90. The molecule has 5 heteroatoms. The summed E-state index contributed by atoms with van der Waals surface area (Å²) in [5.74, 6) is -0.454. The van der Waals surface area contributed by atoms with E-state index in [1.165, 1.54) is 7.11 Å². The minimum absolute atomic E-state index is 0.289. The number of esters is 1. The predicted molar refractivity (Wildman–Crippen MR) is 54.0 cm³/mol. The first kappa shape index (κ1) is 11.1. The van der Waals surface area contributed by atoms with E-state index in [9.17, 15) is 4.79 Å². The number of carbonyl (C=O) groups is 1. The lowest BCUT2D eigenvalue weighted by Crippen LogP contribution is -2.09. The van der Waals surface area contributed by atoms with Crippen LogP contribution in [0.15, 0.2) is 16.7 Å². The van der Waals surface area contributed by atoms with E-state index in [1.807, 2.05) is 0 Å². The molecule has 1 rings (SSSR count). The van der Waals surface area contributed by atoms with Crippen molar-refractivity contribution < 1.29 is 14.3 Å². The molecule has 1 aromatic rings. The summed E-state index contributed by atoms with van der Waals surface area (Å²) in [5.41, 5.74) is 0.992. The van der Waals surface area contributed by atoms with Crippen LogP contribution in [0.4, 0.5) is 0 Å².